The van der Waals surface area contributed by atoms with Gasteiger partial charge >= 0.3 is 11.7 Å². The summed E-state index contributed by atoms with van der Waals surface area (Å²) in [6, 6.07) is 11.4. The summed E-state index contributed by atoms with van der Waals surface area (Å²) in [4.78, 5) is 45.2. The number of anilines is 1. The van der Waals surface area contributed by atoms with Crippen LogP contribution in [0.15, 0.2) is 54.2 Å². The van der Waals surface area contributed by atoms with Crippen molar-refractivity contribution in [2.75, 3.05) is 11.9 Å². The normalized spacial score (nSPS) is 10.8. The molecule has 0 aliphatic carbocycles. The fraction of sp³-hybridized carbons (Fsp3) is 0.105. The number of nitrogens with zero attached hydrogens (tertiary/aromatic N) is 1. The molecule has 150 valence electrons. The highest BCUT2D eigenvalue weighted by molar-refractivity contribution is 5.99. The third kappa shape index (κ3) is 6.54. The number of esters is 1. The van der Waals surface area contributed by atoms with Crippen LogP contribution in [0.2, 0.25) is 0 Å². The molecule has 9 nitrogen and oxygen atoms in total. The van der Waals surface area contributed by atoms with E-state index in [9.17, 15) is 28.9 Å². The highest BCUT2D eigenvalue weighted by atomic mass is 19.1. The summed E-state index contributed by atoms with van der Waals surface area (Å²) in [6.45, 7) is 0.482. The topological polar surface area (TPSA) is 128 Å². The van der Waals surface area contributed by atoms with Gasteiger partial charge in [-0.3, -0.25) is 19.7 Å². The Kier molecular flexibility index (Phi) is 7.13. The zero-order chi connectivity index (χ0) is 21.4. The van der Waals surface area contributed by atoms with Crippen LogP contribution in [0.1, 0.15) is 12.5 Å². The van der Waals surface area contributed by atoms with Gasteiger partial charge in [0.2, 0.25) is 11.7 Å². The third-order valence-corrected chi connectivity index (χ3v) is 3.40. The van der Waals surface area contributed by atoms with Crippen LogP contribution in [0.4, 0.5) is 15.8 Å². The van der Waals surface area contributed by atoms with Crippen LogP contribution in [0.25, 0.3) is 6.08 Å². The lowest BCUT2D eigenvalue weighted by atomic mass is 10.2. The lowest BCUT2D eigenvalue weighted by Gasteiger charge is -2.10. The molecule has 0 aliphatic heterocycles. The van der Waals surface area contributed by atoms with Gasteiger partial charge in [-0.2, -0.15) is 4.39 Å². The Bertz CT molecular complexity index is 975. The second-order valence-corrected chi connectivity index (χ2v) is 5.70. The number of ether oxygens (including phenoxy) is 1. The molecule has 0 heterocycles. The Balaban J connectivity index is 2.03. The number of halogens is 1. The lowest BCUT2D eigenvalue weighted by molar-refractivity contribution is -0.387. The Morgan fingerprint density at radius 3 is 2.48 bits per heavy atom. The second-order valence-electron chi connectivity index (χ2n) is 5.70. The summed E-state index contributed by atoms with van der Waals surface area (Å²) in [5, 5.41) is 15.3. The largest absolute Gasteiger partial charge is 0.451 e. The molecule has 2 amide bonds. The van der Waals surface area contributed by atoms with Crippen molar-refractivity contribution in [1.82, 2.24) is 5.32 Å². The first-order valence-corrected chi connectivity index (χ1v) is 8.21. The van der Waals surface area contributed by atoms with Gasteiger partial charge in [0.25, 0.3) is 5.91 Å². The molecule has 0 unspecified atom stereocenters. The molecule has 29 heavy (non-hydrogen) atoms. The molecule has 2 aromatic carbocycles. The number of rotatable bonds is 7. The highest BCUT2D eigenvalue weighted by Gasteiger charge is 2.17. The van der Waals surface area contributed by atoms with E-state index in [1.54, 1.807) is 30.3 Å². The Morgan fingerprint density at radius 1 is 1.17 bits per heavy atom. The maximum atomic E-state index is 13.3. The van der Waals surface area contributed by atoms with Gasteiger partial charge < -0.3 is 15.4 Å². The van der Waals surface area contributed by atoms with E-state index in [-0.39, 0.29) is 11.4 Å². The lowest BCUT2D eigenvalue weighted by Crippen LogP contribution is -2.28. The Morgan fingerprint density at radius 2 is 1.86 bits per heavy atom. The van der Waals surface area contributed by atoms with E-state index in [0.29, 0.717) is 5.56 Å². The summed E-state index contributed by atoms with van der Waals surface area (Å²) < 4.78 is 18.2. The molecule has 0 aliphatic rings. The maximum Gasteiger partial charge on any atom is 0.355 e. The van der Waals surface area contributed by atoms with Gasteiger partial charge in [0.15, 0.2) is 6.61 Å². The Hall–Kier alpha value is -4.08. The minimum Gasteiger partial charge on any atom is -0.451 e. The van der Waals surface area contributed by atoms with Crippen LogP contribution in [0.3, 0.4) is 0 Å². The predicted molar refractivity (Wildman–Crippen MR) is 101 cm³/mol. The van der Waals surface area contributed by atoms with Crippen molar-refractivity contribution >= 4 is 35.2 Å². The third-order valence-electron chi connectivity index (χ3n) is 3.40. The molecule has 0 aromatic heterocycles. The molecular formula is C19H16FN3O6. The first-order chi connectivity index (χ1) is 13.8. The Labute approximate surface area is 164 Å². The quantitative estimate of drug-likeness (QED) is 0.317. The number of nitro groups is 1. The van der Waals surface area contributed by atoms with Gasteiger partial charge in [-0.25, -0.2) is 4.79 Å². The number of nitrogens with one attached hydrogen (secondary N) is 2. The molecule has 2 N–H and O–H groups in total. The van der Waals surface area contributed by atoms with Crippen LogP contribution in [-0.4, -0.2) is 29.3 Å². The van der Waals surface area contributed by atoms with Gasteiger partial charge in [0.05, 0.1) is 4.92 Å². The van der Waals surface area contributed by atoms with Gasteiger partial charge in [-0.1, -0.05) is 30.3 Å². The fourth-order valence-electron chi connectivity index (χ4n) is 2.19. The first kappa shape index (κ1) is 21.2. The predicted octanol–water partition coefficient (Wildman–Crippen LogP) is 2.39. The molecule has 0 bridgehead atoms. The zero-order valence-corrected chi connectivity index (χ0v) is 15.2. The summed E-state index contributed by atoms with van der Waals surface area (Å²) in [6.07, 6.45) is 1.38. The van der Waals surface area contributed by atoms with Gasteiger partial charge in [0, 0.05) is 18.7 Å². The first-order valence-electron chi connectivity index (χ1n) is 8.21. The minimum atomic E-state index is -1.05. The van der Waals surface area contributed by atoms with E-state index in [4.69, 9.17) is 4.74 Å². The minimum absolute atomic E-state index is 0.0407. The highest BCUT2D eigenvalue weighted by Crippen LogP contribution is 2.21. The van der Waals surface area contributed by atoms with Crippen molar-refractivity contribution in [2.45, 2.75) is 6.92 Å². The van der Waals surface area contributed by atoms with Crippen molar-refractivity contribution in [3.8, 4) is 0 Å². The summed E-state index contributed by atoms with van der Waals surface area (Å²) >= 11 is 0. The van der Waals surface area contributed by atoms with E-state index in [1.807, 2.05) is 0 Å². The summed E-state index contributed by atoms with van der Waals surface area (Å²) in [5.41, 5.74) is -0.398. The number of hydrogen-bond acceptors (Lipinski definition) is 6. The molecule has 2 aromatic rings. The van der Waals surface area contributed by atoms with Crippen LogP contribution < -0.4 is 10.6 Å². The molecule has 0 saturated heterocycles. The van der Waals surface area contributed by atoms with Gasteiger partial charge in [-0.05, 0) is 23.8 Å². The van der Waals surface area contributed by atoms with Crippen molar-refractivity contribution in [1.29, 1.82) is 0 Å². The molecule has 0 spiro atoms. The molecule has 0 radical (unpaired) electrons. The molecule has 0 fully saturated rings. The van der Waals surface area contributed by atoms with Crippen molar-refractivity contribution in [3.05, 3.63) is 75.7 Å². The standard InChI is InChI=1S/C19H16FN3O6/c1-12(24)21-16(9-13-5-3-2-4-6-13)19(26)29-11-18(25)22-14-7-8-15(20)17(10-14)23(27)28/h2-10H,11H2,1H3,(H,21,24)(H,22,25). The molecule has 0 saturated carbocycles. The van der Waals surface area contributed by atoms with Crippen LogP contribution in [-0.2, 0) is 19.1 Å². The second kappa shape index (κ2) is 9.74. The fourth-order valence-corrected chi connectivity index (χ4v) is 2.19. The van der Waals surface area contributed by atoms with Crippen molar-refractivity contribution in [3.63, 3.8) is 0 Å². The number of carbonyl (C=O) groups excluding carboxylic acids is 3. The number of nitro benzene ring substituents is 1. The monoisotopic (exact) mass is 401 g/mol. The molecule has 0 atom stereocenters. The number of benzene rings is 2. The molecular weight excluding hydrogens is 385 g/mol. The van der Waals surface area contributed by atoms with Crippen LogP contribution >= 0.6 is 0 Å². The van der Waals surface area contributed by atoms with Gasteiger partial charge in [-0.15, -0.1) is 0 Å². The van der Waals surface area contributed by atoms with E-state index < -0.39 is 40.8 Å². The number of hydrogen-bond donors (Lipinski definition) is 2. The maximum absolute atomic E-state index is 13.3. The van der Waals surface area contributed by atoms with E-state index in [0.717, 1.165) is 18.2 Å². The van der Waals surface area contributed by atoms with Gasteiger partial charge in [0.1, 0.15) is 5.70 Å². The average Bonchev–Trinajstić information content (AvgIpc) is 2.67. The van der Waals surface area contributed by atoms with Crippen molar-refractivity contribution < 1.29 is 28.4 Å². The summed E-state index contributed by atoms with van der Waals surface area (Å²) in [7, 11) is 0. The molecule has 10 heteroatoms. The van der Waals surface area contributed by atoms with E-state index in [1.165, 1.54) is 13.0 Å². The molecule has 2 rings (SSSR count). The average molecular weight is 401 g/mol. The zero-order valence-electron chi connectivity index (χ0n) is 15.2. The van der Waals surface area contributed by atoms with Crippen LogP contribution in [0.5, 0.6) is 0 Å². The van der Waals surface area contributed by atoms with Crippen LogP contribution in [0, 0.1) is 15.9 Å². The smallest absolute Gasteiger partial charge is 0.355 e. The van der Waals surface area contributed by atoms with E-state index >= 15 is 0 Å². The van der Waals surface area contributed by atoms with Crippen molar-refractivity contribution in [2.24, 2.45) is 0 Å². The summed E-state index contributed by atoms with van der Waals surface area (Å²) in [5.74, 6) is -3.32. The van der Waals surface area contributed by atoms with E-state index in [2.05, 4.69) is 10.6 Å². The number of amides is 2. The number of carbonyl (C=O) groups is 3. The SMILES string of the molecule is CC(=O)NC(=Cc1ccccc1)C(=O)OCC(=O)Nc1ccc(F)c([N+](=O)[O-])c1.